The van der Waals surface area contributed by atoms with Gasteiger partial charge in [0.2, 0.25) is 0 Å². The monoisotopic (exact) mass is 529 g/mol. The summed E-state index contributed by atoms with van der Waals surface area (Å²) in [7, 11) is 0. The van der Waals surface area contributed by atoms with E-state index in [2.05, 4.69) is 25.5 Å². The Morgan fingerprint density at radius 3 is 1.92 bits per heavy atom. The fraction of sp³-hybridized carbons (Fsp3) is 0.462. The quantitative estimate of drug-likeness (QED) is 0.180. The molecular formula is C26H35N5O7. The number of carbonyl (C=O) groups is 4. The van der Waals surface area contributed by atoms with Crippen molar-refractivity contribution < 1.29 is 34.5 Å². The van der Waals surface area contributed by atoms with Crippen molar-refractivity contribution in [2.75, 3.05) is 6.54 Å². The lowest BCUT2D eigenvalue weighted by Crippen LogP contribution is -2.49. The second kappa shape index (κ2) is 16.6. The standard InChI is InChI=1S/C26H35N5O7/c32-23(33)12-11-22(25(36)37)30-26(38)29-19(16-24(34)35)8-2-1-7-15-31(17-20-9-3-5-13-27-20)18-21-10-4-6-14-28-21/h3-6,9-10,13-14,19,22H,1-2,7-8,11-12,15-18H2,(H,32,33)(H,34,35)(H,36,37)(H2,29,30,38)/t19-,22-/m0/s1. The van der Waals surface area contributed by atoms with Crippen molar-refractivity contribution in [2.24, 2.45) is 0 Å². The number of aromatic nitrogens is 2. The number of nitrogens with one attached hydrogen (secondary N) is 2. The maximum atomic E-state index is 12.3. The van der Waals surface area contributed by atoms with Crippen LogP contribution in [-0.4, -0.2) is 72.8 Å². The number of amides is 2. The Bertz CT molecular complexity index is 982. The summed E-state index contributed by atoms with van der Waals surface area (Å²) in [6.45, 7) is 2.09. The molecule has 0 aliphatic heterocycles. The summed E-state index contributed by atoms with van der Waals surface area (Å²) in [4.78, 5) is 56.6. The Labute approximate surface area is 221 Å². The average Bonchev–Trinajstić information content (AvgIpc) is 2.86. The lowest BCUT2D eigenvalue weighted by atomic mass is 10.0. The molecule has 206 valence electrons. The van der Waals surface area contributed by atoms with E-state index in [-0.39, 0.29) is 12.8 Å². The maximum Gasteiger partial charge on any atom is 0.326 e. The maximum absolute atomic E-state index is 12.3. The van der Waals surface area contributed by atoms with Crippen LogP contribution in [0.2, 0.25) is 0 Å². The van der Waals surface area contributed by atoms with E-state index in [1.807, 2.05) is 36.4 Å². The zero-order valence-electron chi connectivity index (χ0n) is 21.2. The minimum atomic E-state index is -1.39. The summed E-state index contributed by atoms with van der Waals surface area (Å²) in [6, 6.07) is 8.63. The van der Waals surface area contributed by atoms with Gasteiger partial charge < -0.3 is 26.0 Å². The van der Waals surface area contributed by atoms with E-state index >= 15 is 0 Å². The van der Waals surface area contributed by atoms with Gasteiger partial charge in [-0.15, -0.1) is 0 Å². The fourth-order valence-corrected chi connectivity index (χ4v) is 3.90. The van der Waals surface area contributed by atoms with Gasteiger partial charge in [0.1, 0.15) is 6.04 Å². The first-order chi connectivity index (χ1) is 18.2. The van der Waals surface area contributed by atoms with Gasteiger partial charge in [-0.1, -0.05) is 25.0 Å². The van der Waals surface area contributed by atoms with Crippen molar-refractivity contribution in [3.63, 3.8) is 0 Å². The highest BCUT2D eigenvalue weighted by molar-refractivity contribution is 5.83. The normalized spacial score (nSPS) is 12.4. The highest BCUT2D eigenvalue weighted by Crippen LogP contribution is 2.12. The second-order valence-electron chi connectivity index (χ2n) is 8.94. The third kappa shape index (κ3) is 12.8. The van der Waals surface area contributed by atoms with E-state index in [0.29, 0.717) is 25.9 Å². The molecule has 2 aromatic heterocycles. The number of aliphatic carboxylic acids is 3. The molecule has 0 bridgehead atoms. The van der Waals surface area contributed by atoms with Crippen LogP contribution in [0, 0.1) is 0 Å². The molecule has 2 heterocycles. The lowest BCUT2D eigenvalue weighted by Gasteiger charge is -2.22. The van der Waals surface area contributed by atoms with Crippen molar-refractivity contribution >= 4 is 23.9 Å². The van der Waals surface area contributed by atoms with Gasteiger partial charge in [0.05, 0.1) is 17.8 Å². The Balaban J connectivity index is 1.84. The Kier molecular flexibility index (Phi) is 13.2. The number of carboxylic acid groups (broad SMARTS) is 3. The molecule has 0 aromatic carbocycles. The van der Waals surface area contributed by atoms with Gasteiger partial charge in [-0.3, -0.25) is 24.5 Å². The number of carbonyl (C=O) groups excluding carboxylic acids is 1. The zero-order valence-corrected chi connectivity index (χ0v) is 21.2. The van der Waals surface area contributed by atoms with Crippen LogP contribution in [0.5, 0.6) is 0 Å². The molecule has 2 aromatic rings. The summed E-state index contributed by atoms with van der Waals surface area (Å²) in [5, 5.41) is 31.9. The van der Waals surface area contributed by atoms with Crippen LogP contribution in [-0.2, 0) is 27.5 Å². The molecule has 38 heavy (non-hydrogen) atoms. The van der Waals surface area contributed by atoms with Gasteiger partial charge in [-0.05, 0) is 50.1 Å². The van der Waals surface area contributed by atoms with Gasteiger partial charge >= 0.3 is 23.9 Å². The SMILES string of the molecule is O=C(O)CC[C@H](NC(=O)N[C@@H](CCCCCN(Cc1ccccn1)Cc1ccccn1)CC(=O)O)C(=O)O. The molecule has 0 fully saturated rings. The molecule has 5 N–H and O–H groups in total. The number of rotatable bonds is 18. The van der Waals surface area contributed by atoms with Crippen LogP contribution < -0.4 is 10.6 Å². The summed E-state index contributed by atoms with van der Waals surface area (Å²) >= 11 is 0. The zero-order chi connectivity index (χ0) is 27.8. The lowest BCUT2D eigenvalue weighted by molar-refractivity contribution is -0.141. The van der Waals surface area contributed by atoms with E-state index in [1.54, 1.807) is 12.4 Å². The average molecular weight is 530 g/mol. The van der Waals surface area contributed by atoms with Gasteiger partial charge in [0.25, 0.3) is 0 Å². The van der Waals surface area contributed by atoms with Crippen LogP contribution >= 0.6 is 0 Å². The van der Waals surface area contributed by atoms with Gasteiger partial charge in [-0.25, -0.2) is 9.59 Å². The van der Waals surface area contributed by atoms with Crippen molar-refractivity contribution in [2.45, 2.75) is 70.1 Å². The summed E-state index contributed by atoms with van der Waals surface area (Å²) in [5.41, 5.74) is 1.89. The molecule has 12 heteroatoms. The minimum Gasteiger partial charge on any atom is -0.481 e. The van der Waals surface area contributed by atoms with Gasteiger partial charge in [0.15, 0.2) is 0 Å². The van der Waals surface area contributed by atoms with Crippen molar-refractivity contribution in [3.8, 4) is 0 Å². The van der Waals surface area contributed by atoms with Crippen LogP contribution in [0.4, 0.5) is 4.79 Å². The van der Waals surface area contributed by atoms with E-state index in [4.69, 9.17) is 5.11 Å². The first-order valence-electron chi connectivity index (χ1n) is 12.5. The highest BCUT2D eigenvalue weighted by Gasteiger charge is 2.23. The molecule has 0 saturated carbocycles. The van der Waals surface area contributed by atoms with Crippen molar-refractivity contribution in [1.29, 1.82) is 0 Å². The van der Waals surface area contributed by atoms with Crippen LogP contribution in [0.1, 0.15) is 56.3 Å². The molecule has 0 saturated heterocycles. The highest BCUT2D eigenvalue weighted by atomic mass is 16.4. The van der Waals surface area contributed by atoms with Crippen LogP contribution in [0.25, 0.3) is 0 Å². The first-order valence-corrected chi connectivity index (χ1v) is 12.5. The molecule has 2 amide bonds. The van der Waals surface area contributed by atoms with E-state index in [9.17, 15) is 29.4 Å². The van der Waals surface area contributed by atoms with Crippen molar-refractivity contribution in [1.82, 2.24) is 25.5 Å². The predicted molar refractivity (Wildman–Crippen MR) is 137 cm³/mol. The number of hydrogen-bond donors (Lipinski definition) is 5. The van der Waals surface area contributed by atoms with E-state index in [0.717, 1.165) is 30.8 Å². The smallest absolute Gasteiger partial charge is 0.326 e. The Morgan fingerprint density at radius 1 is 0.789 bits per heavy atom. The number of pyridine rings is 2. The van der Waals surface area contributed by atoms with Gasteiger partial charge in [0, 0.05) is 37.9 Å². The third-order valence-electron chi connectivity index (χ3n) is 5.76. The fourth-order valence-electron chi connectivity index (χ4n) is 3.90. The molecule has 2 rings (SSSR count). The van der Waals surface area contributed by atoms with Crippen LogP contribution in [0.3, 0.4) is 0 Å². The van der Waals surface area contributed by atoms with E-state index in [1.165, 1.54) is 0 Å². The predicted octanol–water partition coefficient (Wildman–Crippen LogP) is 2.50. The number of carboxylic acids is 3. The largest absolute Gasteiger partial charge is 0.481 e. The summed E-state index contributed by atoms with van der Waals surface area (Å²) in [6.07, 6.45) is 5.16. The molecule has 0 radical (unpaired) electrons. The summed E-state index contributed by atoms with van der Waals surface area (Å²) in [5.74, 6) is -3.63. The topological polar surface area (TPSA) is 182 Å². The molecule has 0 aliphatic carbocycles. The van der Waals surface area contributed by atoms with Crippen molar-refractivity contribution in [3.05, 3.63) is 60.2 Å². The Hall–Kier alpha value is -4.06. The van der Waals surface area contributed by atoms with Gasteiger partial charge in [-0.2, -0.15) is 0 Å². The minimum absolute atomic E-state index is 0.283. The molecule has 12 nitrogen and oxygen atoms in total. The second-order valence-corrected chi connectivity index (χ2v) is 8.94. The first kappa shape index (κ1) is 30.2. The molecule has 0 aliphatic rings. The molecule has 2 atom stereocenters. The number of hydrogen-bond acceptors (Lipinski definition) is 7. The number of urea groups is 1. The molecule has 0 spiro atoms. The number of unbranched alkanes of at least 4 members (excludes halogenated alkanes) is 2. The van der Waals surface area contributed by atoms with E-state index < -0.39 is 42.4 Å². The van der Waals surface area contributed by atoms with Crippen LogP contribution in [0.15, 0.2) is 48.8 Å². The molecule has 0 unspecified atom stereocenters. The third-order valence-corrected chi connectivity index (χ3v) is 5.76. The number of nitrogens with zero attached hydrogens (tertiary/aromatic N) is 3. The Morgan fingerprint density at radius 2 is 1.42 bits per heavy atom. The molecular weight excluding hydrogens is 494 g/mol. The summed E-state index contributed by atoms with van der Waals surface area (Å²) < 4.78 is 0.